The van der Waals surface area contributed by atoms with Gasteiger partial charge in [-0.25, -0.2) is 4.98 Å². The molecule has 0 unspecified atom stereocenters. The summed E-state index contributed by atoms with van der Waals surface area (Å²) < 4.78 is 17.4. The Kier molecular flexibility index (Phi) is 8.02. The number of pyridine rings is 1. The first-order chi connectivity index (χ1) is 16.4. The molecule has 1 aliphatic heterocycles. The third kappa shape index (κ3) is 5.68. The number of rotatable bonds is 10. The molecule has 34 heavy (non-hydrogen) atoms. The van der Waals surface area contributed by atoms with Crippen molar-refractivity contribution in [3.05, 3.63) is 58.8 Å². The number of anilines is 1. The average molecular weight is 481 g/mol. The van der Waals surface area contributed by atoms with Crippen LogP contribution in [-0.4, -0.2) is 37.5 Å². The van der Waals surface area contributed by atoms with Crippen LogP contribution in [-0.2, 0) is 9.47 Å². The number of allylic oxidation sites excluding steroid dienone is 3. The second-order valence-corrected chi connectivity index (χ2v) is 10.5. The Hall–Kier alpha value is -2.28. The number of ether oxygens (including phenoxy) is 3. The number of thioether (sulfide) groups is 1. The van der Waals surface area contributed by atoms with E-state index in [1.54, 1.807) is 24.4 Å². The van der Waals surface area contributed by atoms with Gasteiger partial charge in [-0.3, -0.25) is 0 Å². The van der Waals surface area contributed by atoms with Crippen molar-refractivity contribution in [2.24, 2.45) is 5.92 Å². The van der Waals surface area contributed by atoms with E-state index in [-0.39, 0.29) is 0 Å². The number of hydrogen-bond donors (Lipinski definition) is 1. The van der Waals surface area contributed by atoms with Crippen LogP contribution in [0.3, 0.4) is 0 Å². The highest BCUT2D eigenvalue weighted by Crippen LogP contribution is 2.38. The lowest BCUT2D eigenvalue weighted by molar-refractivity contribution is -0.0136. The number of nitrogens with zero attached hydrogens (tertiary/aromatic N) is 1. The fraction of sp³-hybridized carbons (Fsp3) is 0.464. The van der Waals surface area contributed by atoms with Crippen molar-refractivity contribution < 1.29 is 14.2 Å². The summed E-state index contributed by atoms with van der Waals surface area (Å²) in [6.07, 6.45) is 7.79. The summed E-state index contributed by atoms with van der Waals surface area (Å²) in [6.45, 7) is 10.3. The molecular formula is C28H36N2O3S. The maximum absolute atomic E-state index is 6.54. The Balaban J connectivity index is 1.74. The molecule has 5 nitrogen and oxygen atoms in total. The van der Waals surface area contributed by atoms with E-state index in [4.69, 9.17) is 19.2 Å². The molecule has 2 heterocycles. The van der Waals surface area contributed by atoms with Gasteiger partial charge in [0.05, 0.1) is 31.0 Å². The molecule has 0 atom stereocenters. The standard InChI is InChI=1S/C28H36N2O3S/c1-6-13-34-26(7-2)24-15-25(33-28(3,4)18-31-5)22-14-21(11-12-23(22)30-24)29-27(19-9-8-10-19)20-16-32-17-20/h6-7,11-15,20,29H,8-10,16-18H2,1-5H3/b13-6-,26-7-. The Labute approximate surface area is 207 Å². The zero-order valence-corrected chi connectivity index (χ0v) is 21.8. The second kappa shape index (κ2) is 11.0. The normalized spacial score (nSPS) is 17.1. The third-order valence-corrected chi connectivity index (χ3v) is 7.27. The van der Waals surface area contributed by atoms with Crippen LogP contribution in [0.5, 0.6) is 5.75 Å². The van der Waals surface area contributed by atoms with Crippen LogP contribution in [0.25, 0.3) is 15.8 Å². The summed E-state index contributed by atoms with van der Waals surface area (Å²) >= 11 is 1.66. The number of aromatic nitrogens is 1. The van der Waals surface area contributed by atoms with Gasteiger partial charge < -0.3 is 19.5 Å². The van der Waals surface area contributed by atoms with Gasteiger partial charge in [0.25, 0.3) is 0 Å². The Bertz CT molecular complexity index is 1110. The molecule has 6 heteroatoms. The van der Waals surface area contributed by atoms with E-state index in [2.05, 4.69) is 41.1 Å². The zero-order chi connectivity index (χ0) is 24.1. The summed E-state index contributed by atoms with van der Waals surface area (Å²) in [4.78, 5) is 6.08. The smallest absolute Gasteiger partial charge is 0.131 e. The number of methoxy groups -OCH3 is 1. The molecular weight excluding hydrogens is 444 g/mol. The maximum atomic E-state index is 6.54. The number of benzene rings is 1. The largest absolute Gasteiger partial charge is 0.485 e. The Morgan fingerprint density at radius 3 is 2.62 bits per heavy atom. The van der Waals surface area contributed by atoms with Gasteiger partial charge in [-0.2, -0.15) is 0 Å². The molecule has 2 fully saturated rings. The van der Waals surface area contributed by atoms with E-state index < -0.39 is 5.60 Å². The number of hydrogen-bond acceptors (Lipinski definition) is 6. The lowest BCUT2D eigenvalue weighted by atomic mass is 9.85. The van der Waals surface area contributed by atoms with Crippen LogP contribution >= 0.6 is 11.8 Å². The lowest BCUT2D eigenvalue weighted by Crippen LogP contribution is -2.34. The van der Waals surface area contributed by atoms with E-state index in [0.29, 0.717) is 12.5 Å². The number of nitrogens with one attached hydrogen (secondary N) is 1. The molecule has 1 N–H and O–H groups in total. The fourth-order valence-corrected chi connectivity index (χ4v) is 4.88. The summed E-state index contributed by atoms with van der Waals surface area (Å²) in [5.41, 5.74) is 5.30. The minimum absolute atomic E-state index is 0.474. The highest BCUT2D eigenvalue weighted by Gasteiger charge is 2.28. The SMILES string of the molecule is C/C=C\S/C(=C\C)c1cc(OC(C)(C)COC)c2cc(NC(=C3CCC3)C3COC3)ccc2n1. The predicted octanol–water partition coefficient (Wildman–Crippen LogP) is 7.16. The quantitative estimate of drug-likeness (QED) is 0.389. The van der Waals surface area contributed by atoms with Crippen molar-refractivity contribution >= 4 is 33.3 Å². The van der Waals surface area contributed by atoms with Crippen molar-refractivity contribution in [3.8, 4) is 5.75 Å². The third-order valence-electron chi connectivity index (χ3n) is 6.16. The van der Waals surface area contributed by atoms with E-state index >= 15 is 0 Å². The molecule has 182 valence electrons. The fourth-order valence-electron chi connectivity index (χ4n) is 4.24. The minimum atomic E-state index is -0.474. The van der Waals surface area contributed by atoms with Gasteiger partial charge in [0.2, 0.25) is 0 Å². The molecule has 4 rings (SSSR count). The van der Waals surface area contributed by atoms with Gasteiger partial charge in [-0.1, -0.05) is 29.5 Å². The predicted molar refractivity (Wildman–Crippen MR) is 143 cm³/mol. The van der Waals surface area contributed by atoms with Crippen molar-refractivity contribution in [1.82, 2.24) is 4.98 Å². The summed E-state index contributed by atoms with van der Waals surface area (Å²) in [5.74, 6) is 1.29. The monoisotopic (exact) mass is 480 g/mol. The molecule has 1 aromatic heterocycles. The maximum Gasteiger partial charge on any atom is 0.131 e. The van der Waals surface area contributed by atoms with Gasteiger partial charge in [-0.05, 0) is 70.6 Å². The summed E-state index contributed by atoms with van der Waals surface area (Å²) in [7, 11) is 1.70. The zero-order valence-electron chi connectivity index (χ0n) is 20.9. The molecule has 0 bridgehead atoms. The van der Waals surface area contributed by atoms with Crippen molar-refractivity contribution in [1.29, 1.82) is 0 Å². The highest BCUT2D eigenvalue weighted by atomic mass is 32.2. The molecule has 2 aromatic rings. The first-order valence-corrected chi connectivity index (χ1v) is 13.0. The molecule has 0 amide bonds. The van der Waals surface area contributed by atoms with Crippen LogP contribution in [0, 0.1) is 5.92 Å². The van der Waals surface area contributed by atoms with Crippen molar-refractivity contribution in [2.45, 2.75) is 52.6 Å². The van der Waals surface area contributed by atoms with Crippen LogP contribution in [0.4, 0.5) is 5.69 Å². The van der Waals surface area contributed by atoms with E-state index in [0.717, 1.165) is 46.2 Å². The molecule has 2 aliphatic rings. The van der Waals surface area contributed by atoms with E-state index in [1.807, 2.05) is 33.8 Å². The van der Waals surface area contributed by atoms with Gasteiger partial charge in [0, 0.05) is 40.8 Å². The highest BCUT2D eigenvalue weighted by molar-refractivity contribution is 8.10. The number of fused-ring (bicyclic) bond motifs is 1. The van der Waals surface area contributed by atoms with Crippen LogP contribution < -0.4 is 10.1 Å². The first kappa shape index (κ1) is 24.8. The van der Waals surface area contributed by atoms with Gasteiger partial charge in [0.1, 0.15) is 11.4 Å². The molecule has 0 spiro atoms. The van der Waals surface area contributed by atoms with Crippen LogP contribution in [0.2, 0.25) is 0 Å². The Morgan fingerprint density at radius 2 is 2.03 bits per heavy atom. The molecule has 1 saturated heterocycles. The first-order valence-electron chi connectivity index (χ1n) is 12.1. The van der Waals surface area contributed by atoms with E-state index in [9.17, 15) is 0 Å². The molecule has 1 saturated carbocycles. The average Bonchev–Trinajstić information content (AvgIpc) is 2.72. The second-order valence-electron chi connectivity index (χ2n) is 9.50. The topological polar surface area (TPSA) is 52.6 Å². The Morgan fingerprint density at radius 1 is 1.24 bits per heavy atom. The van der Waals surface area contributed by atoms with Gasteiger partial charge in [0.15, 0.2) is 0 Å². The van der Waals surface area contributed by atoms with Crippen LogP contribution in [0.15, 0.2) is 53.1 Å². The van der Waals surface area contributed by atoms with Crippen molar-refractivity contribution in [2.75, 3.05) is 32.2 Å². The van der Waals surface area contributed by atoms with Crippen molar-refractivity contribution in [3.63, 3.8) is 0 Å². The minimum Gasteiger partial charge on any atom is -0.485 e. The van der Waals surface area contributed by atoms with Gasteiger partial charge in [-0.15, -0.1) is 0 Å². The van der Waals surface area contributed by atoms with Gasteiger partial charge >= 0.3 is 0 Å². The summed E-state index contributed by atoms with van der Waals surface area (Å²) in [6, 6.07) is 8.43. The van der Waals surface area contributed by atoms with Crippen LogP contribution in [0.1, 0.15) is 52.7 Å². The lowest BCUT2D eigenvalue weighted by Gasteiger charge is -2.34. The molecule has 1 aromatic carbocycles. The molecule has 0 radical (unpaired) electrons. The molecule has 1 aliphatic carbocycles. The summed E-state index contributed by atoms with van der Waals surface area (Å²) in [5, 5.41) is 6.80. The van der Waals surface area contributed by atoms with E-state index in [1.165, 1.54) is 25.0 Å².